The molecule has 0 saturated heterocycles. The number of hydrogen-bond acceptors (Lipinski definition) is 3. The van der Waals surface area contributed by atoms with Crippen molar-refractivity contribution in [3.8, 4) is 5.75 Å². The van der Waals surface area contributed by atoms with Crippen LogP contribution in [0.2, 0.25) is 0 Å². The Kier molecular flexibility index (Phi) is 12.8. The predicted octanol–water partition coefficient (Wildman–Crippen LogP) is 0.268. The fourth-order valence-electron chi connectivity index (χ4n) is 0.876. The van der Waals surface area contributed by atoms with E-state index in [9.17, 15) is 4.79 Å². The van der Waals surface area contributed by atoms with Crippen LogP contribution in [-0.2, 0) is 4.74 Å². The Labute approximate surface area is 126 Å². The number of carbonyl (C=O) groups excluding carboxylic acids is 1. The van der Waals surface area contributed by atoms with Crippen molar-refractivity contribution < 1.29 is 45.6 Å². The second kappa shape index (κ2) is 11.7. The topological polar surface area (TPSA) is 46.5 Å². The van der Waals surface area contributed by atoms with E-state index in [0.717, 1.165) is 6.42 Å². The summed E-state index contributed by atoms with van der Waals surface area (Å²) in [5, 5.41) is 8.96. The second-order valence-corrected chi connectivity index (χ2v) is 3.09. The second-order valence-electron chi connectivity index (χ2n) is 3.09. The van der Waals surface area contributed by atoms with Gasteiger partial charge in [-0.2, -0.15) is 0 Å². The molecule has 0 bridgehead atoms. The molecule has 0 heterocycles. The quantitative estimate of drug-likeness (QED) is 0.473. The fraction of sp³-hybridized carbons (Fsp3) is 0.308. The summed E-state index contributed by atoms with van der Waals surface area (Å²) in [6, 6.07) is 5.99. The summed E-state index contributed by atoms with van der Waals surface area (Å²) in [6.07, 6.45) is 2.56. The zero-order valence-corrected chi connectivity index (χ0v) is 12.8. The molecule has 1 aromatic carbocycles. The minimum Gasteiger partial charge on any atom is -1.00 e. The van der Waals surface area contributed by atoms with Crippen molar-refractivity contribution >= 4 is 5.97 Å². The smallest absolute Gasteiger partial charge is 1.00 e. The molecule has 0 radical (unpaired) electrons. The number of benzene rings is 1. The number of allylic oxidation sites excluding steroid dienone is 1. The summed E-state index contributed by atoms with van der Waals surface area (Å²) >= 11 is 0. The molecule has 0 amide bonds. The van der Waals surface area contributed by atoms with Gasteiger partial charge in [-0.1, -0.05) is 13.0 Å². The summed E-state index contributed by atoms with van der Waals surface area (Å²) < 4.78 is 4.90. The molecule has 1 N–H and O–H groups in total. The number of rotatable bonds is 3. The number of phenols is 1. The van der Waals surface area contributed by atoms with Crippen molar-refractivity contribution in [1.82, 2.24) is 0 Å². The Morgan fingerprint density at radius 3 is 2.35 bits per heavy atom. The molecule has 1 rings (SSSR count). The molecule has 0 aliphatic heterocycles. The van der Waals surface area contributed by atoms with Crippen molar-refractivity contribution in [2.75, 3.05) is 6.61 Å². The van der Waals surface area contributed by atoms with E-state index in [1.165, 1.54) is 24.3 Å². The van der Waals surface area contributed by atoms with Crippen LogP contribution in [0.15, 0.2) is 36.9 Å². The molecule has 4 heteroatoms. The monoisotopic (exact) mass is 246 g/mol. The van der Waals surface area contributed by atoms with Crippen molar-refractivity contribution in [3.05, 3.63) is 42.5 Å². The fourth-order valence-corrected chi connectivity index (χ4v) is 0.876. The van der Waals surface area contributed by atoms with E-state index in [1.54, 1.807) is 6.08 Å². The molecule has 0 aromatic heterocycles. The molecule has 0 atom stereocenters. The van der Waals surface area contributed by atoms with Crippen molar-refractivity contribution in [2.24, 2.45) is 0 Å². The van der Waals surface area contributed by atoms with Crippen LogP contribution in [0.3, 0.4) is 0 Å². The molecule has 0 aliphatic rings. The summed E-state index contributed by atoms with van der Waals surface area (Å²) in [7, 11) is 0. The molecular formula is C13H19NaO3. The predicted molar refractivity (Wildman–Crippen MR) is 65.7 cm³/mol. The number of phenolic OH excluding ortho intramolecular Hbond substituents is 1. The number of aromatic hydroxyl groups is 1. The zero-order valence-electron chi connectivity index (χ0n) is 11.8. The number of ether oxygens (including phenoxy) is 1. The Hall–Kier alpha value is -0.770. The van der Waals surface area contributed by atoms with Crippen molar-refractivity contribution in [1.29, 1.82) is 0 Å². The van der Waals surface area contributed by atoms with Crippen LogP contribution in [0.25, 0.3) is 0 Å². The van der Waals surface area contributed by atoms with Crippen LogP contribution in [0.1, 0.15) is 32.1 Å². The number of esters is 1. The molecule has 0 saturated carbocycles. The van der Waals surface area contributed by atoms with E-state index >= 15 is 0 Å². The van der Waals surface area contributed by atoms with Gasteiger partial charge in [0.2, 0.25) is 0 Å². The maximum Gasteiger partial charge on any atom is 1.00 e. The minimum atomic E-state index is -0.346. The standard InChI is InChI=1S/C10H12O3.C3H6.Na.H/c1-2-7-13-10(12)8-3-5-9(11)6-4-8;1-3-2;;/h3-6,11H,2,7H2,1H3;3H,1H2,2H3;;/q;;+1;-1. The van der Waals surface area contributed by atoms with E-state index in [1.807, 2.05) is 13.8 Å². The molecular weight excluding hydrogens is 227 g/mol. The van der Waals surface area contributed by atoms with Gasteiger partial charge < -0.3 is 11.3 Å². The summed E-state index contributed by atoms with van der Waals surface area (Å²) in [5.74, 6) is -0.200. The summed E-state index contributed by atoms with van der Waals surface area (Å²) in [4.78, 5) is 11.2. The first kappa shape index (κ1) is 18.6. The van der Waals surface area contributed by atoms with Gasteiger partial charge in [-0.15, -0.1) is 6.58 Å². The van der Waals surface area contributed by atoms with Gasteiger partial charge in [-0.3, -0.25) is 0 Å². The Balaban J connectivity index is -0.000000410. The molecule has 3 nitrogen and oxygen atoms in total. The largest absolute Gasteiger partial charge is 1.00 e. The average molecular weight is 246 g/mol. The van der Waals surface area contributed by atoms with Crippen LogP contribution in [-0.4, -0.2) is 17.7 Å². The van der Waals surface area contributed by atoms with Gasteiger partial charge in [0.1, 0.15) is 5.75 Å². The third kappa shape index (κ3) is 8.98. The van der Waals surface area contributed by atoms with Gasteiger partial charge in [0, 0.05) is 0 Å². The van der Waals surface area contributed by atoms with E-state index in [0.29, 0.717) is 12.2 Å². The number of hydrogen-bond donors (Lipinski definition) is 1. The van der Waals surface area contributed by atoms with E-state index in [2.05, 4.69) is 6.58 Å². The first-order chi connectivity index (χ1) is 7.65. The molecule has 0 fully saturated rings. The molecule has 17 heavy (non-hydrogen) atoms. The van der Waals surface area contributed by atoms with Crippen LogP contribution in [0, 0.1) is 0 Å². The number of carbonyl (C=O) groups is 1. The Morgan fingerprint density at radius 2 is 1.94 bits per heavy atom. The maximum absolute atomic E-state index is 11.2. The molecule has 0 spiro atoms. The molecule has 0 unspecified atom stereocenters. The molecule has 0 aliphatic carbocycles. The minimum absolute atomic E-state index is 0. The van der Waals surface area contributed by atoms with Crippen LogP contribution >= 0.6 is 0 Å². The Morgan fingerprint density at radius 1 is 1.47 bits per heavy atom. The zero-order chi connectivity index (χ0) is 12.4. The van der Waals surface area contributed by atoms with E-state index in [4.69, 9.17) is 9.84 Å². The third-order valence-electron chi connectivity index (χ3n) is 1.54. The van der Waals surface area contributed by atoms with Crippen LogP contribution in [0.5, 0.6) is 5.75 Å². The SMILES string of the molecule is C=CC.CCCOC(=O)c1ccc(O)cc1.[H-].[Na+]. The Bertz CT molecular complexity index is 326. The molecule has 1 aromatic rings. The van der Waals surface area contributed by atoms with Gasteiger partial charge in [0.15, 0.2) is 0 Å². The van der Waals surface area contributed by atoms with E-state index in [-0.39, 0.29) is 42.7 Å². The van der Waals surface area contributed by atoms with E-state index < -0.39 is 0 Å². The third-order valence-corrected chi connectivity index (χ3v) is 1.54. The maximum atomic E-state index is 11.2. The normalized spacial score (nSPS) is 8.12. The van der Waals surface area contributed by atoms with Gasteiger partial charge in [0.25, 0.3) is 0 Å². The first-order valence-electron chi connectivity index (χ1n) is 5.18. The van der Waals surface area contributed by atoms with Crippen LogP contribution < -0.4 is 29.6 Å². The van der Waals surface area contributed by atoms with Crippen LogP contribution in [0.4, 0.5) is 0 Å². The van der Waals surface area contributed by atoms with Crippen molar-refractivity contribution in [2.45, 2.75) is 20.3 Å². The average Bonchev–Trinajstić information content (AvgIpc) is 2.28. The first-order valence-corrected chi connectivity index (χ1v) is 5.18. The van der Waals surface area contributed by atoms with Gasteiger partial charge in [-0.25, -0.2) is 4.79 Å². The molecule has 90 valence electrons. The van der Waals surface area contributed by atoms with Crippen molar-refractivity contribution in [3.63, 3.8) is 0 Å². The van der Waals surface area contributed by atoms with Gasteiger partial charge in [-0.05, 0) is 37.6 Å². The summed E-state index contributed by atoms with van der Waals surface area (Å²) in [5.41, 5.74) is 0.464. The summed E-state index contributed by atoms with van der Waals surface area (Å²) in [6.45, 7) is 7.61. The van der Waals surface area contributed by atoms with Gasteiger partial charge in [0.05, 0.1) is 12.2 Å². The van der Waals surface area contributed by atoms with Gasteiger partial charge >= 0.3 is 35.5 Å².